The summed E-state index contributed by atoms with van der Waals surface area (Å²) in [7, 11) is 3.17. The number of nitro benzene ring substituents is 1. The molecule has 0 aromatic heterocycles. The van der Waals surface area contributed by atoms with E-state index in [1.165, 1.54) is 12.1 Å². The molecule has 0 fully saturated rings. The van der Waals surface area contributed by atoms with Crippen LogP contribution in [0.25, 0.3) is 12.2 Å². The molecule has 0 saturated heterocycles. The van der Waals surface area contributed by atoms with Crippen molar-refractivity contribution in [2.45, 2.75) is 0 Å². The van der Waals surface area contributed by atoms with Crippen LogP contribution in [0.1, 0.15) is 11.1 Å². The van der Waals surface area contributed by atoms with Gasteiger partial charge < -0.3 is 9.47 Å². The summed E-state index contributed by atoms with van der Waals surface area (Å²) in [6.45, 7) is 0. The van der Waals surface area contributed by atoms with E-state index in [0.717, 1.165) is 11.1 Å². The zero-order valence-electron chi connectivity index (χ0n) is 11.8. The molecule has 108 valence electrons. The van der Waals surface area contributed by atoms with Crippen molar-refractivity contribution >= 4 is 17.8 Å². The lowest BCUT2D eigenvalue weighted by Crippen LogP contribution is -1.90. The second kappa shape index (κ2) is 6.56. The van der Waals surface area contributed by atoms with Gasteiger partial charge in [0.2, 0.25) is 0 Å². The molecule has 21 heavy (non-hydrogen) atoms. The highest BCUT2D eigenvalue weighted by molar-refractivity contribution is 5.71. The van der Waals surface area contributed by atoms with E-state index < -0.39 is 4.92 Å². The van der Waals surface area contributed by atoms with Crippen LogP contribution < -0.4 is 9.47 Å². The summed E-state index contributed by atoms with van der Waals surface area (Å²) >= 11 is 0. The number of nitrogens with zero attached hydrogens (tertiary/aromatic N) is 1. The molecule has 0 atom stereocenters. The molecule has 0 amide bonds. The highest BCUT2D eigenvalue weighted by atomic mass is 16.6. The van der Waals surface area contributed by atoms with Crippen LogP contribution in [0.3, 0.4) is 0 Å². The molecule has 0 unspecified atom stereocenters. The third-order valence-corrected chi connectivity index (χ3v) is 2.98. The summed E-state index contributed by atoms with van der Waals surface area (Å²) in [5.41, 5.74) is 1.92. The lowest BCUT2D eigenvalue weighted by atomic mass is 10.1. The number of hydrogen-bond acceptors (Lipinski definition) is 4. The van der Waals surface area contributed by atoms with Gasteiger partial charge in [-0.3, -0.25) is 10.1 Å². The number of benzene rings is 2. The fraction of sp³-hybridized carbons (Fsp3) is 0.125. The van der Waals surface area contributed by atoms with Crippen LogP contribution in [0.4, 0.5) is 5.69 Å². The molecule has 2 rings (SSSR count). The van der Waals surface area contributed by atoms with Crippen molar-refractivity contribution in [1.82, 2.24) is 0 Å². The lowest BCUT2D eigenvalue weighted by Gasteiger charge is -2.07. The molecule has 5 heteroatoms. The van der Waals surface area contributed by atoms with Gasteiger partial charge in [0.05, 0.1) is 19.1 Å². The molecule has 5 nitrogen and oxygen atoms in total. The number of non-ortho nitro benzene ring substituents is 1. The molecule has 0 aliphatic heterocycles. The van der Waals surface area contributed by atoms with Gasteiger partial charge in [-0.15, -0.1) is 0 Å². The molecule has 0 aliphatic carbocycles. The molecule has 2 aromatic rings. The first-order chi connectivity index (χ1) is 10.1. The van der Waals surface area contributed by atoms with Crippen LogP contribution in [-0.2, 0) is 0 Å². The Balaban J connectivity index is 2.18. The zero-order valence-corrected chi connectivity index (χ0v) is 11.8. The van der Waals surface area contributed by atoms with E-state index in [4.69, 9.17) is 9.47 Å². The highest BCUT2D eigenvalue weighted by Crippen LogP contribution is 2.28. The standard InChI is InChI=1S/C16H15NO4/c1-20-15-10-7-13(11-16(15)21-2)4-3-12-5-8-14(9-6-12)17(18)19/h3-11H,1-2H3. The number of rotatable bonds is 5. The molecular formula is C16H15NO4. The molecular weight excluding hydrogens is 270 g/mol. The van der Waals surface area contributed by atoms with Gasteiger partial charge in [0.15, 0.2) is 11.5 Å². The van der Waals surface area contributed by atoms with Gasteiger partial charge >= 0.3 is 0 Å². The maximum atomic E-state index is 10.6. The fourth-order valence-electron chi connectivity index (χ4n) is 1.86. The minimum absolute atomic E-state index is 0.0817. The van der Waals surface area contributed by atoms with Gasteiger partial charge in [-0.1, -0.05) is 18.2 Å². The summed E-state index contributed by atoms with van der Waals surface area (Å²) in [5, 5.41) is 10.6. The fourth-order valence-corrected chi connectivity index (χ4v) is 1.86. The minimum atomic E-state index is -0.415. The van der Waals surface area contributed by atoms with Gasteiger partial charge in [0, 0.05) is 12.1 Å². The molecule has 0 radical (unpaired) electrons. The number of nitro groups is 1. The first kappa shape index (κ1) is 14.6. The van der Waals surface area contributed by atoms with Crippen molar-refractivity contribution in [3.8, 4) is 11.5 Å². The average Bonchev–Trinajstić information content (AvgIpc) is 2.52. The Labute approximate surface area is 122 Å². The molecule has 0 spiro atoms. The summed E-state index contributed by atoms with van der Waals surface area (Å²) in [5.74, 6) is 1.33. The van der Waals surface area contributed by atoms with Gasteiger partial charge in [0.1, 0.15) is 0 Å². The van der Waals surface area contributed by atoms with E-state index in [2.05, 4.69) is 0 Å². The third-order valence-electron chi connectivity index (χ3n) is 2.98. The number of ether oxygens (including phenoxy) is 2. The Kier molecular flexibility index (Phi) is 4.56. The topological polar surface area (TPSA) is 61.6 Å². The smallest absolute Gasteiger partial charge is 0.269 e. The van der Waals surface area contributed by atoms with Crippen LogP contribution in [0, 0.1) is 10.1 Å². The lowest BCUT2D eigenvalue weighted by molar-refractivity contribution is -0.384. The van der Waals surface area contributed by atoms with E-state index in [0.29, 0.717) is 11.5 Å². The first-order valence-electron chi connectivity index (χ1n) is 6.28. The average molecular weight is 285 g/mol. The SMILES string of the molecule is COc1ccc(C=Cc2ccc([N+](=O)[O-])cc2)cc1OC. The summed E-state index contributed by atoms with van der Waals surface area (Å²) in [4.78, 5) is 10.2. The number of hydrogen-bond donors (Lipinski definition) is 0. The van der Waals surface area contributed by atoms with Crippen LogP contribution in [0.5, 0.6) is 11.5 Å². The van der Waals surface area contributed by atoms with Crippen LogP contribution in [-0.4, -0.2) is 19.1 Å². The third kappa shape index (κ3) is 3.60. The van der Waals surface area contributed by atoms with E-state index in [1.54, 1.807) is 26.4 Å². The molecule has 2 aromatic carbocycles. The van der Waals surface area contributed by atoms with Crippen LogP contribution in [0.2, 0.25) is 0 Å². The second-order valence-corrected chi connectivity index (χ2v) is 4.30. The quantitative estimate of drug-likeness (QED) is 0.476. The van der Waals surface area contributed by atoms with Crippen LogP contribution in [0.15, 0.2) is 42.5 Å². The van der Waals surface area contributed by atoms with E-state index in [1.807, 2.05) is 30.4 Å². The Hall–Kier alpha value is -2.82. The molecule has 0 aliphatic rings. The summed E-state index contributed by atoms with van der Waals surface area (Å²) in [6, 6.07) is 12.0. The van der Waals surface area contributed by atoms with Gasteiger partial charge in [-0.2, -0.15) is 0 Å². The zero-order chi connectivity index (χ0) is 15.2. The maximum absolute atomic E-state index is 10.6. The Morgan fingerprint density at radius 1 is 0.905 bits per heavy atom. The van der Waals surface area contributed by atoms with Crippen LogP contribution >= 0.6 is 0 Å². The first-order valence-corrected chi connectivity index (χ1v) is 6.28. The summed E-state index contributed by atoms with van der Waals surface area (Å²) in [6.07, 6.45) is 3.79. The Morgan fingerprint density at radius 2 is 1.48 bits per heavy atom. The molecule has 0 saturated carbocycles. The predicted molar refractivity (Wildman–Crippen MR) is 81.6 cm³/mol. The second-order valence-electron chi connectivity index (χ2n) is 4.30. The van der Waals surface area contributed by atoms with Crippen molar-refractivity contribution in [3.05, 3.63) is 63.7 Å². The van der Waals surface area contributed by atoms with Crippen molar-refractivity contribution in [3.63, 3.8) is 0 Å². The highest BCUT2D eigenvalue weighted by Gasteiger charge is 2.04. The van der Waals surface area contributed by atoms with Gasteiger partial charge in [0.25, 0.3) is 5.69 Å². The predicted octanol–water partition coefficient (Wildman–Crippen LogP) is 3.78. The van der Waals surface area contributed by atoms with E-state index >= 15 is 0 Å². The molecule has 0 bridgehead atoms. The van der Waals surface area contributed by atoms with E-state index in [9.17, 15) is 10.1 Å². The van der Waals surface area contributed by atoms with Crippen molar-refractivity contribution < 1.29 is 14.4 Å². The molecule has 0 N–H and O–H groups in total. The Bertz CT molecular complexity index is 662. The normalized spacial score (nSPS) is 10.6. The van der Waals surface area contributed by atoms with E-state index in [-0.39, 0.29) is 5.69 Å². The monoisotopic (exact) mass is 285 g/mol. The van der Waals surface area contributed by atoms with Crippen molar-refractivity contribution in [2.75, 3.05) is 14.2 Å². The van der Waals surface area contributed by atoms with Gasteiger partial charge in [-0.25, -0.2) is 0 Å². The molecule has 0 heterocycles. The van der Waals surface area contributed by atoms with Gasteiger partial charge in [-0.05, 0) is 35.4 Å². The maximum Gasteiger partial charge on any atom is 0.269 e. The summed E-state index contributed by atoms with van der Waals surface area (Å²) < 4.78 is 10.4. The minimum Gasteiger partial charge on any atom is -0.493 e. The Morgan fingerprint density at radius 3 is 2.05 bits per heavy atom. The number of methoxy groups -OCH3 is 2. The van der Waals surface area contributed by atoms with Crippen molar-refractivity contribution in [2.24, 2.45) is 0 Å². The van der Waals surface area contributed by atoms with Crippen molar-refractivity contribution in [1.29, 1.82) is 0 Å². The largest absolute Gasteiger partial charge is 0.493 e.